The van der Waals surface area contributed by atoms with Crippen LogP contribution in [0.15, 0.2) is 23.4 Å². The lowest BCUT2D eigenvalue weighted by atomic mass is 10.2. The molecule has 0 saturated carbocycles. The van der Waals surface area contributed by atoms with Crippen LogP contribution in [0.2, 0.25) is 0 Å². The van der Waals surface area contributed by atoms with E-state index in [1.165, 1.54) is 4.31 Å². The van der Waals surface area contributed by atoms with Crippen LogP contribution in [-0.2, 0) is 16.6 Å². The molecule has 0 spiro atoms. The number of pyridine rings is 1. The van der Waals surface area contributed by atoms with Gasteiger partial charge >= 0.3 is 0 Å². The molecule has 3 heterocycles. The molecule has 124 valence electrons. The zero-order valence-electron chi connectivity index (χ0n) is 13.1. The number of aromatic nitrogens is 4. The SMILES string of the molecule is CC(C)c1nnc2n1CCN(S(=O)(=O)c1cncc(F)c1)C2C. The topological polar surface area (TPSA) is 81.0 Å². The van der Waals surface area contributed by atoms with Crippen LogP contribution < -0.4 is 0 Å². The maximum absolute atomic E-state index is 13.3. The number of fused-ring (bicyclic) bond motifs is 1. The van der Waals surface area contributed by atoms with Crippen LogP contribution >= 0.6 is 0 Å². The summed E-state index contributed by atoms with van der Waals surface area (Å²) < 4.78 is 42.1. The summed E-state index contributed by atoms with van der Waals surface area (Å²) in [4.78, 5) is 3.48. The van der Waals surface area contributed by atoms with Crippen molar-refractivity contribution in [1.29, 1.82) is 0 Å². The number of rotatable bonds is 3. The highest BCUT2D eigenvalue weighted by atomic mass is 32.2. The number of hydrogen-bond donors (Lipinski definition) is 0. The molecule has 0 aliphatic carbocycles. The van der Waals surface area contributed by atoms with Crippen molar-refractivity contribution in [2.75, 3.05) is 6.54 Å². The molecular weight excluding hydrogens is 321 g/mol. The second-order valence-electron chi connectivity index (χ2n) is 5.85. The van der Waals surface area contributed by atoms with E-state index in [1.807, 2.05) is 18.4 Å². The van der Waals surface area contributed by atoms with E-state index in [1.54, 1.807) is 6.92 Å². The van der Waals surface area contributed by atoms with E-state index < -0.39 is 21.9 Å². The summed E-state index contributed by atoms with van der Waals surface area (Å²) in [6.07, 6.45) is 2.13. The smallest absolute Gasteiger partial charge is 0.245 e. The van der Waals surface area contributed by atoms with E-state index in [0.717, 1.165) is 24.3 Å². The maximum atomic E-state index is 13.3. The summed E-state index contributed by atoms with van der Waals surface area (Å²) in [5, 5.41) is 8.32. The van der Waals surface area contributed by atoms with Gasteiger partial charge in [-0.3, -0.25) is 4.98 Å². The maximum Gasteiger partial charge on any atom is 0.245 e. The third-order valence-electron chi connectivity index (χ3n) is 3.96. The summed E-state index contributed by atoms with van der Waals surface area (Å²) in [5.74, 6) is 0.976. The molecule has 2 aromatic rings. The number of halogens is 1. The van der Waals surface area contributed by atoms with Gasteiger partial charge in [-0.1, -0.05) is 13.8 Å². The quantitative estimate of drug-likeness (QED) is 0.850. The molecule has 0 fully saturated rings. The minimum Gasteiger partial charge on any atom is -0.312 e. The molecule has 2 aromatic heterocycles. The van der Waals surface area contributed by atoms with E-state index in [4.69, 9.17) is 0 Å². The van der Waals surface area contributed by atoms with Gasteiger partial charge in [0.25, 0.3) is 0 Å². The first kappa shape index (κ1) is 16.0. The number of sulfonamides is 1. The van der Waals surface area contributed by atoms with E-state index in [0.29, 0.717) is 12.4 Å². The standard InChI is InChI=1S/C14H18FN5O2S/c1-9(2)13-17-18-14-10(3)20(5-4-19(13)14)23(21,22)12-6-11(15)7-16-8-12/h6-10H,4-5H2,1-3H3. The van der Waals surface area contributed by atoms with Gasteiger partial charge in [0.15, 0.2) is 5.82 Å². The zero-order valence-corrected chi connectivity index (χ0v) is 14.0. The Labute approximate surface area is 134 Å². The fraction of sp³-hybridized carbons (Fsp3) is 0.500. The van der Waals surface area contributed by atoms with Crippen molar-refractivity contribution >= 4 is 10.0 Å². The predicted molar refractivity (Wildman–Crippen MR) is 80.6 cm³/mol. The van der Waals surface area contributed by atoms with Crippen molar-refractivity contribution in [3.05, 3.63) is 35.9 Å². The normalized spacial score (nSPS) is 19.1. The fourth-order valence-corrected chi connectivity index (χ4v) is 4.37. The summed E-state index contributed by atoms with van der Waals surface area (Å²) >= 11 is 0. The summed E-state index contributed by atoms with van der Waals surface area (Å²) in [6, 6.07) is 0.505. The first-order valence-electron chi connectivity index (χ1n) is 7.37. The van der Waals surface area contributed by atoms with Gasteiger partial charge in [0.2, 0.25) is 10.0 Å². The van der Waals surface area contributed by atoms with Crippen molar-refractivity contribution in [3.63, 3.8) is 0 Å². The van der Waals surface area contributed by atoms with Gasteiger partial charge in [-0.2, -0.15) is 4.31 Å². The van der Waals surface area contributed by atoms with E-state index in [9.17, 15) is 12.8 Å². The van der Waals surface area contributed by atoms with Crippen molar-refractivity contribution in [1.82, 2.24) is 24.1 Å². The van der Waals surface area contributed by atoms with E-state index in [2.05, 4.69) is 15.2 Å². The van der Waals surface area contributed by atoms with Gasteiger partial charge in [0, 0.05) is 25.2 Å². The second-order valence-corrected chi connectivity index (χ2v) is 7.74. The Morgan fingerprint density at radius 1 is 1.26 bits per heavy atom. The van der Waals surface area contributed by atoms with Crippen molar-refractivity contribution in [3.8, 4) is 0 Å². The molecular formula is C14H18FN5O2S. The first-order valence-corrected chi connectivity index (χ1v) is 8.81. The highest BCUT2D eigenvalue weighted by Gasteiger charge is 2.37. The Balaban J connectivity index is 1.99. The molecule has 0 N–H and O–H groups in total. The molecule has 1 unspecified atom stereocenters. The largest absolute Gasteiger partial charge is 0.312 e. The highest BCUT2D eigenvalue weighted by molar-refractivity contribution is 7.89. The Morgan fingerprint density at radius 3 is 2.65 bits per heavy atom. The molecule has 7 nitrogen and oxygen atoms in total. The number of nitrogens with zero attached hydrogens (tertiary/aromatic N) is 5. The van der Waals surface area contributed by atoms with E-state index >= 15 is 0 Å². The molecule has 1 atom stereocenters. The third-order valence-corrected chi connectivity index (χ3v) is 5.90. The summed E-state index contributed by atoms with van der Waals surface area (Å²) in [5.41, 5.74) is 0. The Hall–Kier alpha value is -1.87. The van der Waals surface area contributed by atoms with Gasteiger partial charge < -0.3 is 4.57 Å². The molecule has 0 aromatic carbocycles. The molecule has 0 amide bonds. The third kappa shape index (κ3) is 2.63. The Kier molecular flexibility index (Phi) is 3.93. The van der Waals surface area contributed by atoms with Gasteiger partial charge in [-0.05, 0) is 13.0 Å². The van der Waals surface area contributed by atoms with E-state index in [-0.39, 0.29) is 17.4 Å². The zero-order chi connectivity index (χ0) is 16.8. The lowest BCUT2D eigenvalue weighted by Crippen LogP contribution is -2.41. The summed E-state index contributed by atoms with van der Waals surface area (Å²) in [7, 11) is -3.84. The van der Waals surface area contributed by atoms with Gasteiger partial charge in [0.1, 0.15) is 16.5 Å². The molecule has 9 heteroatoms. The Morgan fingerprint density at radius 2 is 2.00 bits per heavy atom. The highest BCUT2D eigenvalue weighted by Crippen LogP contribution is 2.31. The minimum absolute atomic E-state index is 0.151. The van der Waals surface area contributed by atoms with Gasteiger partial charge in [-0.15, -0.1) is 10.2 Å². The monoisotopic (exact) mass is 339 g/mol. The van der Waals surface area contributed by atoms with Crippen LogP contribution in [0.4, 0.5) is 4.39 Å². The molecule has 3 rings (SSSR count). The average molecular weight is 339 g/mol. The lowest BCUT2D eigenvalue weighted by molar-refractivity contribution is 0.272. The van der Waals surface area contributed by atoms with Crippen LogP contribution in [0.1, 0.15) is 44.4 Å². The minimum atomic E-state index is -3.84. The molecule has 1 aliphatic heterocycles. The van der Waals surface area contributed by atoms with Crippen molar-refractivity contribution in [2.45, 2.75) is 44.2 Å². The Bertz CT molecular complexity index is 833. The van der Waals surface area contributed by atoms with Crippen LogP contribution in [0.25, 0.3) is 0 Å². The van der Waals surface area contributed by atoms with Crippen molar-refractivity contribution in [2.24, 2.45) is 0 Å². The number of hydrogen-bond acceptors (Lipinski definition) is 5. The van der Waals surface area contributed by atoms with Crippen LogP contribution in [0.3, 0.4) is 0 Å². The molecule has 1 aliphatic rings. The molecule has 23 heavy (non-hydrogen) atoms. The molecule has 0 radical (unpaired) electrons. The van der Waals surface area contributed by atoms with Gasteiger partial charge in [-0.25, -0.2) is 12.8 Å². The predicted octanol–water partition coefficient (Wildman–Crippen LogP) is 1.70. The van der Waals surface area contributed by atoms with Crippen LogP contribution in [0.5, 0.6) is 0 Å². The lowest BCUT2D eigenvalue weighted by Gasteiger charge is -2.32. The molecule has 0 saturated heterocycles. The average Bonchev–Trinajstić information content (AvgIpc) is 2.92. The second kappa shape index (κ2) is 5.64. The molecule has 0 bridgehead atoms. The van der Waals surface area contributed by atoms with Gasteiger partial charge in [0.05, 0.1) is 12.2 Å². The van der Waals surface area contributed by atoms with Crippen LogP contribution in [-0.4, -0.2) is 39.0 Å². The summed E-state index contributed by atoms with van der Waals surface area (Å²) in [6.45, 7) is 6.55. The van der Waals surface area contributed by atoms with Crippen molar-refractivity contribution < 1.29 is 12.8 Å². The first-order chi connectivity index (χ1) is 10.8. The van der Waals surface area contributed by atoms with Crippen LogP contribution in [0, 0.1) is 5.82 Å². The fourth-order valence-electron chi connectivity index (χ4n) is 2.81.